The van der Waals surface area contributed by atoms with Crippen LogP contribution in [-0.2, 0) is 0 Å². The minimum atomic E-state index is -2.34. The molecule has 226 valence electrons. The number of carbonyl (C=O) groups excluding carboxylic acids is 2. The Morgan fingerprint density at radius 2 is 1.36 bits per heavy atom. The van der Waals surface area contributed by atoms with Crippen LogP contribution in [0.4, 0.5) is 22.0 Å². The highest BCUT2D eigenvalue weighted by Gasteiger charge is 2.29. The van der Waals surface area contributed by atoms with Gasteiger partial charge in [-0.2, -0.15) is 8.78 Å². The SMILES string of the molecule is C[C@@H]1CN(C(=O)c2ccccn2)CCN1.C[C@@H]1CNCCN1.O=C(Oc1c(F)c(F)c(F)c(F)c1F)c1ccccn1. The van der Waals surface area contributed by atoms with E-state index in [-0.39, 0.29) is 11.6 Å². The van der Waals surface area contributed by atoms with Gasteiger partial charge in [0.15, 0.2) is 0 Å². The number of aromatic nitrogens is 2. The summed E-state index contributed by atoms with van der Waals surface area (Å²) in [4.78, 5) is 32.9. The number of esters is 1. The van der Waals surface area contributed by atoms with E-state index in [1.807, 2.05) is 17.0 Å². The zero-order valence-electron chi connectivity index (χ0n) is 23.0. The van der Waals surface area contributed by atoms with Crippen LogP contribution >= 0.6 is 0 Å². The lowest BCUT2D eigenvalue weighted by molar-refractivity contribution is 0.0698. The van der Waals surface area contributed by atoms with Gasteiger partial charge < -0.3 is 25.6 Å². The maximum atomic E-state index is 13.3. The van der Waals surface area contributed by atoms with Crippen LogP contribution in [0.15, 0.2) is 48.8 Å². The molecular formula is C28H31F5N6O3. The van der Waals surface area contributed by atoms with Gasteiger partial charge in [-0.1, -0.05) is 12.1 Å². The van der Waals surface area contributed by atoms with Crippen LogP contribution < -0.4 is 20.7 Å². The van der Waals surface area contributed by atoms with E-state index >= 15 is 0 Å². The molecule has 2 aromatic heterocycles. The Morgan fingerprint density at radius 3 is 1.83 bits per heavy atom. The van der Waals surface area contributed by atoms with Gasteiger partial charge in [0.25, 0.3) is 5.91 Å². The average molecular weight is 595 g/mol. The maximum absolute atomic E-state index is 13.3. The van der Waals surface area contributed by atoms with Crippen LogP contribution in [0.3, 0.4) is 0 Å². The molecule has 0 aliphatic carbocycles. The largest absolute Gasteiger partial charge is 0.415 e. The van der Waals surface area contributed by atoms with Crippen molar-refractivity contribution in [1.82, 2.24) is 30.8 Å². The molecular weight excluding hydrogens is 563 g/mol. The van der Waals surface area contributed by atoms with E-state index in [9.17, 15) is 31.5 Å². The number of benzene rings is 1. The smallest absolute Gasteiger partial charge is 0.362 e. The predicted molar refractivity (Wildman–Crippen MR) is 143 cm³/mol. The normalized spacial score (nSPS) is 18.1. The van der Waals surface area contributed by atoms with Gasteiger partial charge in [-0.3, -0.25) is 9.78 Å². The number of piperazine rings is 2. The molecule has 2 fully saturated rings. The van der Waals surface area contributed by atoms with E-state index in [1.165, 1.54) is 18.3 Å². The number of carbonyl (C=O) groups is 2. The summed E-state index contributed by atoms with van der Waals surface area (Å²) >= 11 is 0. The fourth-order valence-corrected chi connectivity index (χ4v) is 3.87. The van der Waals surface area contributed by atoms with Gasteiger partial charge in [0.05, 0.1) is 0 Å². The quantitative estimate of drug-likeness (QED) is 0.140. The third kappa shape index (κ3) is 8.99. The van der Waals surface area contributed by atoms with Crippen molar-refractivity contribution in [2.24, 2.45) is 0 Å². The van der Waals surface area contributed by atoms with E-state index in [0.29, 0.717) is 17.8 Å². The molecule has 2 atom stereocenters. The van der Waals surface area contributed by atoms with E-state index < -0.39 is 40.8 Å². The van der Waals surface area contributed by atoms with Crippen molar-refractivity contribution in [2.45, 2.75) is 25.9 Å². The molecule has 2 aliphatic rings. The second kappa shape index (κ2) is 15.8. The summed E-state index contributed by atoms with van der Waals surface area (Å²) in [6, 6.07) is 10.4. The number of ether oxygens (including phenoxy) is 1. The zero-order valence-corrected chi connectivity index (χ0v) is 23.0. The Bertz CT molecular complexity index is 1300. The number of hydrogen-bond donors (Lipinski definition) is 3. The molecule has 9 nitrogen and oxygen atoms in total. The van der Waals surface area contributed by atoms with E-state index in [0.717, 1.165) is 45.3 Å². The first-order valence-corrected chi connectivity index (χ1v) is 13.1. The Balaban J connectivity index is 0.000000192. The van der Waals surface area contributed by atoms with Crippen molar-refractivity contribution in [3.8, 4) is 5.75 Å². The molecule has 0 saturated carbocycles. The molecule has 3 aromatic rings. The summed E-state index contributed by atoms with van der Waals surface area (Å²) in [5.41, 5.74) is 0.183. The fraction of sp³-hybridized carbons (Fsp3) is 0.357. The number of rotatable bonds is 3. The van der Waals surface area contributed by atoms with Crippen molar-refractivity contribution < 1.29 is 36.3 Å². The number of hydrogen-bond acceptors (Lipinski definition) is 8. The Kier molecular flexibility index (Phi) is 12.3. The van der Waals surface area contributed by atoms with Crippen LogP contribution in [0, 0.1) is 29.1 Å². The minimum Gasteiger partial charge on any atom is -0.415 e. The third-order valence-electron chi connectivity index (χ3n) is 6.02. The average Bonchev–Trinajstić information content (AvgIpc) is 3.02. The summed E-state index contributed by atoms with van der Waals surface area (Å²) < 4.78 is 69.3. The summed E-state index contributed by atoms with van der Waals surface area (Å²) in [7, 11) is 0. The zero-order chi connectivity index (χ0) is 30.6. The molecule has 2 aliphatic heterocycles. The lowest BCUT2D eigenvalue weighted by Gasteiger charge is -2.31. The molecule has 2 saturated heterocycles. The van der Waals surface area contributed by atoms with Gasteiger partial charge in [-0.05, 0) is 38.1 Å². The molecule has 1 amide bonds. The number of amides is 1. The summed E-state index contributed by atoms with van der Waals surface area (Å²) in [5, 5.41) is 9.90. The molecule has 4 heterocycles. The first-order chi connectivity index (χ1) is 20.1. The van der Waals surface area contributed by atoms with Crippen molar-refractivity contribution in [2.75, 3.05) is 39.3 Å². The van der Waals surface area contributed by atoms with Gasteiger partial charge in [0.1, 0.15) is 11.4 Å². The van der Waals surface area contributed by atoms with Crippen LogP contribution in [0.25, 0.3) is 0 Å². The Morgan fingerprint density at radius 1 is 0.786 bits per heavy atom. The highest BCUT2D eigenvalue weighted by Crippen LogP contribution is 2.29. The standard InChI is InChI=1S/C12H4F5NO2.C11H15N3O.C5H12N2/c13-6-7(14)9(16)11(10(17)8(6)15)20-12(19)5-3-1-2-4-18-5;1-9-8-14(7-6-12-9)11(15)10-4-2-3-5-13-10;1-5-4-6-2-3-7-5/h1-4H;2-5,9,12H,6-8H2,1H3;5-7H,2-4H2,1H3/t;9-;5-/m.11/s1. The molecule has 0 spiro atoms. The Labute approximate surface area is 239 Å². The van der Waals surface area contributed by atoms with Crippen LogP contribution in [-0.4, -0.2) is 78.1 Å². The van der Waals surface area contributed by atoms with Crippen LogP contribution in [0.2, 0.25) is 0 Å². The fourth-order valence-electron chi connectivity index (χ4n) is 3.87. The van der Waals surface area contributed by atoms with Crippen LogP contribution in [0.5, 0.6) is 5.75 Å². The summed E-state index contributed by atoms with van der Waals surface area (Å²) in [6.07, 6.45) is 2.84. The highest BCUT2D eigenvalue weighted by molar-refractivity contribution is 5.92. The highest BCUT2D eigenvalue weighted by atomic mass is 19.2. The van der Waals surface area contributed by atoms with Gasteiger partial charge in [-0.15, -0.1) is 0 Å². The van der Waals surface area contributed by atoms with Crippen molar-refractivity contribution in [3.63, 3.8) is 0 Å². The summed E-state index contributed by atoms with van der Waals surface area (Å²) in [6.45, 7) is 10.0. The molecule has 1 aromatic carbocycles. The van der Waals surface area contributed by atoms with Crippen molar-refractivity contribution in [1.29, 1.82) is 0 Å². The van der Waals surface area contributed by atoms with Crippen molar-refractivity contribution >= 4 is 11.9 Å². The molecule has 0 unspecified atom stereocenters. The maximum Gasteiger partial charge on any atom is 0.362 e. The van der Waals surface area contributed by atoms with Crippen molar-refractivity contribution in [3.05, 3.63) is 89.3 Å². The number of nitrogens with one attached hydrogen (secondary N) is 3. The number of nitrogens with zero attached hydrogens (tertiary/aromatic N) is 3. The minimum absolute atomic E-state index is 0.0314. The summed E-state index contributed by atoms with van der Waals surface area (Å²) in [5.74, 6) is -14.2. The van der Waals surface area contributed by atoms with Gasteiger partial charge in [0, 0.05) is 63.7 Å². The monoisotopic (exact) mass is 594 g/mol. The molecule has 5 rings (SSSR count). The molecule has 0 bridgehead atoms. The Hall–Kier alpha value is -4.01. The topological polar surface area (TPSA) is 108 Å². The predicted octanol–water partition coefficient (Wildman–Crippen LogP) is 3.08. The third-order valence-corrected chi connectivity index (χ3v) is 6.02. The van der Waals surface area contributed by atoms with Gasteiger partial charge >= 0.3 is 5.97 Å². The lowest BCUT2D eigenvalue weighted by Crippen LogP contribution is -2.51. The first kappa shape index (κ1) is 32.5. The van der Waals surface area contributed by atoms with Gasteiger partial charge in [-0.25, -0.2) is 22.9 Å². The second-order valence-corrected chi connectivity index (χ2v) is 9.38. The number of pyridine rings is 2. The van der Waals surface area contributed by atoms with Crippen LogP contribution in [0.1, 0.15) is 34.8 Å². The van der Waals surface area contributed by atoms with E-state index in [4.69, 9.17) is 0 Å². The molecule has 14 heteroatoms. The van der Waals surface area contributed by atoms with E-state index in [2.05, 4.69) is 44.5 Å². The second-order valence-electron chi connectivity index (χ2n) is 9.38. The first-order valence-electron chi connectivity index (χ1n) is 13.1. The molecule has 42 heavy (non-hydrogen) atoms. The molecule has 0 radical (unpaired) electrons. The van der Waals surface area contributed by atoms with Gasteiger partial charge in [0.2, 0.25) is 34.8 Å². The molecule has 3 N–H and O–H groups in total. The lowest BCUT2D eigenvalue weighted by atomic mass is 10.2. The van der Waals surface area contributed by atoms with E-state index in [1.54, 1.807) is 12.3 Å². The number of halogens is 5.